The lowest BCUT2D eigenvalue weighted by atomic mass is 10.1. The summed E-state index contributed by atoms with van der Waals surface area (Å²) in [5, 5.41) is 1.59. The molecule has 4 aromatic rings. The van der Waals surface area contributed by atoms with Gasteiger partial charge in [-0.3, -0.25) is 9.36 Å². The molecule has 0 aliphatic rings. The lowest BCUT2D eigenvalue weighted by molar-refractivity contribution is 0.889. The van der Waals surface area contributed by atoms with Crippen LogP contribution in [0.5, 0.6) is 0 Å². The highest BCUT2D eigenvalue weighted by atomic mass is 32.2. The summed E-state index contributed by atoms with van der Waals surface area (Å²) in [6.07, 6.45) is 3.76. The highest BCUT2D eigenvalue weighted by Crippen LogP contribution is 2.28. The number of nitrogens with zero attached hydrogens (tertiary/aromatic N) is 3. The number of H-pyrrole nitrogens is 1. The molecule has 27 heavy (non-hydrogen) atoms. The summed E-state index contributed by atoms with van der Waals surface area (Å²) in [4.78, 5) is 26.4. The van der Waals surface area contributed by atoms with Crippen LogP contribution in [0.2, 0.25) is 0 Å². The third-order valence-electron chi connectivity index (χ3n) is 4.52. The highest BCUT2D eigenvalue weighted by Gasteiger charge is 2.13. The van der Waals surface area contributed by atoms with Crippen molar-refractivity contribution in [2.75, 3.05) is 0 Å². The van der Waals surface area contributed by atoms with E-state index in [2.05, 4.69) is 51.6 Å². The second-order valence-electron chi connectivity index (χ2n) is 6.69. The third-order valence-corrected chi connectivity index (χ3v) is 6.60. The van der Waals surface area contributed by atoms with Crippen molar-refractivity contribution in [2.45, 2.75) is 38.6 Å². The fourth-order valence-corrected chi connectivity index (χ4v) is 5.08. The molecule has 0 bridgehead atoms. The van der Waals surface area contributed by atoms with Gasteiger partial charge in [0.05, 0.1) is 11.1 Å². The Morgan fingerprint density at radius 2 is 1.89 bits per heavy atom. The fraction of sp³-hybridized carbons (Fsp3) is 0.250. The van der Waals surface area contributed by atoms with Gasteiger partial charge in [-0.1, -0.05) is 17.8 Å². The maximum Gasteiger partial charge on any atom is 0.259 e. The Bertz CT molecular complexity index is 1180. The van der Waals surface area contributed by atoms with E-state index in [4.69, 9.17) is 0 Å². The number of aryl methyl sites for hydroxylation is 4. The quantitative estimate of drug-likeness (QED) is 0.508. The predicted octanol–water partition coefficient (Wildman–Crippen LogP) is 4.70. The molecule has 0 spiro atoms. The standard InChI is InChI=1S/C20H20N4OS2/c1-11-7-12(2)9-15(8-11)24-6-5-21-20(24)26-10-16-22-18(25)17-13(3)14(4)27-19(17)23-16/h5-9H,10H2,1-4H3,(H,22,23,25). The van der Waals surface area contributed by atoms with Gasteiger partial charge in [-0.25, -0.2) is 9.97 Å². The van der Waals surface area contributed by atoms with Crippen LogP contribution in [-0.2, 0) is 5.75 Å². The van der Waals surface area contributed by atoms with E-state index in [1.165, 1.54) is 11.1 Å². The minimum Gasteiger partial charge on any atom is -0.309 e. The molecule has 0 fully saturated rings. The lowest BCUT2D eigenvalue weighted by Gasteiger charge is -2.09. The first-order valence-corrected chi connectivity index (χ1v) is 10.5. The number of rotatable bonds is 4. The van der Waals surface area contributed by atoms with E-state index in [0.29, 0.717) is 17.0 Å². The molecule has 0 aliphatic heterocycles. The zero-order valence-corrected chi connectivity index (χ0v) is 17.3. The monoisotopic (exact) mass is 396 g/mol. The second-order valence-corrected chi connectivity index (χ2v) is 8.84. The SMILES string of the molecule is Cc1cc(C)cc(-n2ccnc2SCc2nc3sc(C)c(C)c3c(=O)[nH]2)c1. The Morgan fingerprint density at radius 3 is 2.63 bits per heavy atom. The van der Waals surface area contributed by atoms with Gasteiger partial charge in [0.2, 0.25) is 0 Å². The van der Waals surface area contributed by atoms with Crippen molar-refractivity contribution >= 4 is 33.3 Å². The molecular weight excluding hydrogens is 376 g/mol. The number of thioether (sulfide) groups is 1. The lowest BCUT2D eigenvalue weighted by Crippen LogP contribution is -2.11. The molecule has 0 saturated heterocycles. The van der Waals surface area contributed by atoms with Crippen molar-refractivity contribution in [3.05, 3.63) is 68.3 Å². The fourth-order valence-electron chi connectivity index (χ4n) is 3.18. The average molecular weight is 397 g/mol. The maximum absolute atomic E-state index is 12.4. The van der Waals surface area contributed by atoms with E-state index in [-0.39, 0.29) is 5.56 Å². The number of thiophene rings is 1. The van der Waals surface area contributed by atoms with Crippen LogP contribution in [0.3, 0.4) is 0 Å². The van der Waals surface area contributed by atoms with Gasteiger partial charge in [0, 0.05) is 23.0 Å². The Labute approximate surface area is 165 Å². The van der Waals surface area contributed by atoms with Gasteiger partial charge in [0.1, 0.15) is 10.7 Å². The first kappa shape index (κ1) is 18.0. The minimum absolute atomic E-state index is 0.0601. The molecule has 0 aliphatic carbocycles. The van der Waals surface area contributed by atoms with Gasteiger partial charge < -0.3 is 4.98 Å². The zero-order chi connectivity index (χ0) is 19.1. The first-order valence-electron chi connectivity index (χ1n) is 8.66. The number of benzene rings is 1. The predicted molar refractivity (Wildman–Crippen MR) is 112 cm³/mol. The van der Waals surface area contributed by atoms with E-state index in [1.54, 1.807) is 29.3 Å². The van der Waals surface area contributed by atoms with E-state index in [0.717, 1.165) is 26.1 Å². The highest BCUT2D eigenvalue weighted by molar-refractivity contribution is 7.98. The summed E-state index contributed by atoms with van der Waals surface area (Å²) in [6, 6.07) is 6.44. The summed E-state index contributed by atoms with van der Waals surface area (Å²) in [6.45, 7) is 8.18. The third kappa shape index (κ3) is 3.44. The number of fused-ring (bicyclic) bond motifs is 1. The molecule has 3 aromatic heterocycles. The van der Waals surface area contributed by atoms with Crippen LogP contribution in [0.15, 0.2) is 40.5 Å². The van der Waals surface area contributed by atoms with Crippen LogP contribution >= 0.6 is 23.1 Å². The van der Waals surface area contributed by atoms with Crippen molar-refractivity contribution in [1.29, 1.82) is 0 Å². The number of imidazole rings is 1. The molecule has 0 unspecified atom stereocenters. The molecule has 1 N–H and O–H groups in total. The summed E-state index contributed by atoms with van der Waals surface area (Å²) in [5.41, 5.74) is 4.49. The molecule has 0 atom stereocenters. The summed E-state index contributed by atoms with van der Waals surface area (Å²) in [5.74, 6) is 1.23. The van der Waals surface area contributed by atoms with Gasteiger partial charge in [-0.2, -0.15) is 0 Å². The second kappa shape index (κ2) is 6.98. The molecule has 0 saturated carbocycles. The maximum atomic E-state index is 12.4. The Hall–Kier alpha value is -2.38. The smallest absolute Gasteiger partial charge is 0.259 e. The van der Waals surface area contributed by atoms with Crippen LogP contribution in [0.25, 0.3) is 15.9 Å². The van der Waals surface area contributed by atoms with E-state index in [9.17, 15) is 4.79 Å². The summed E-state index contributed by atoms with van der Waals surface area (Å²) >= 11 is 3.14. The molecule has 3 heterocycles. The average Bonchev–Trinajstić information content (AvgIpc) is 3.17. The van der Waals surface area contributed by atoms with Gasteiger partial charge in [-0.15, -0.1) is 11.3 Å². The van der Waals surface area contributed by atoms with E-state index < -0.39 is 0 Å². The van der Waals surface area contributed by atoms with Gasteiger partial charge in [-0.05, 0) is 56.5 Å². The Balaban J connectivity index is 1.63. The van der Waals surface area contributed by atoms with Gasteiger partial charge >= 0.3 is 0 Å². The van der Waals surface area contributed by atoms with Crippen LogP contribution < -0.4 is 5.56 Å². The number of aromatic nitrogens is 4. The Kier molecular flexibility index (Phi) is 4.65. The minimum atomic E-state index is -0.0601. The van der Waals surface area contributed by atoms with Crippen LogP contribution in [-0.4, -0.2) is 19.5 Å². The molecule has 0 radical (unpaired) electrons. The molecular formula is C20H20N4OS2. The number of nitrogens with one attached hydrogen (secondary N) is 1. The molecule has 7 heteroatoms. The van der Waals surface area contributed by atoms with Gasteiger partial charge in [0.25, 0.3) is 5.56 Å². The summed E-state index contributed by atoms with van der Waals surface area (Å²) in [7, 11) is 0. The van der Waals surface area contributed by atoms with Crippen LogP contribution in [0.1, 0.15) is 27.4 Å². The number of hydrogen-bond acceptors (Lipinski definition) is 5. The normalized spacial score (nSPS) is 11.4. The largest absolute Gasteiger partial charge is 0.309 e. The number of hydrogen-bond donors (Lipinski definition) is 1. The van der Waals surface area contributed by atoms with E-state index in [1.807, 2.05) is 20.0 Å². The Morgan fingerprint density at radius 1 is 1.15 bits per heavy atom. The van der Waals surface area contributed by atoms with Crippen molar-refractivity contribution in [3.63, 3.8) is 0 Å². The molecule has 1 aromatic carbocycles. The molecule has 0 amide bonds. The van der Waals surface area contributed by atoms with Crippen molar-refractivity contribution in [2.24, 2.45) is 0 Å². The summed E-state index contributed by atoms with van der Waals surface area (Å²) < 4.78 is 2.07. The van der Waals surface area contributed by atoms with Gasteiger partial charge in [0.15, 0.2) is 5.16 Å². The van der Waals surface area contributed by atoms with E-state index >= 15 is 0 Å². The molecule has 4 rings (SSSR count). The first-order chi connectivity index (χ1) is 12.9. The number of aromatic amines is 1. The molecule has 5 nitrogen and oxygen atoms in total. The molecule has 138 valence electrons. The van der Waals surface area contributed by atoms with Crippen molar-refractivity contribution in [3.8, 4) is 5.69 Å². The van der Waals surface area contributed by atoms with Crippen LogP contribution in [0.4, 0.5) is 0 Å². The topological polar surface area (TPSA) is 63.6 Å². The van der Waals surface area contributed by atoms with Crippen LogP contribution in [0, 0.1) is 27.7 Å². The van der Waals surface area contributed by atoms with Crippen molar-refractivity contribution in [1.82, 2.24) is 19.5 Å². The zero-order valence-electron chi connectivity index (χ0n) is 15.7. The van der Waals surface area contributed by atoms with Crippen molar-refractivity contribution < 1.29 is 0 Å².